The molecule has 23 heavy (non-hydrogen) atoms. The van der Waals surface area contributed by atoms with Gasteiger partial charge >= 0.3 is 0 Å². The number of nitrogens with zero attached hydrogens (tertiary/aromatic N) is 2. The Balaban J connectivity index is 1.82. The molecule has 2 heterocycles. The normalized spacial score (nSPS) is 17.2. The SMILES string of the molecule is CCNC(=NCc1ccsc1)NCCS(=O)(=O)N1CCOCC1. The minimum atomic E-state index is -3.24. The lowest BCUT2D eigenvalue weighted by Crippen LogP contribution is -2.45. The maximum atomic E-state index is 12.2. The van der Waals surface area contributed by atoms with Gasteiger partial charge in [0, 0.05) is 26.2 Å². The van der Waals surface area contributed by atoms with Crippen molar-refractivity contribution in [1.29, 1.82) is 0 Å². The van der Waals surface area contributed by atoms with Crippen molar-refractivity contribution in [1.82, 2.24) is 14.9 Å². The zero-order valence-corrected chi connectivity index (χ0v) is 15.0. The van der Waals surface area contributed by atoms with Crippen LogP contribution in [0.5, 0.6) is 0 Å². The van der Waals surface area contributed by atoms with Crippen LogP contribution >= 0.6 is 11.3 Å². The summed E-state index contributed by atoms with van der Waals surface area (Å²) in [5, 5.41) is 10.3. The van der Waals surface area contributed by atoms with Gasteiger partial charge in [0.25, 0.3) is 0 Å². The van der Waals surface area contributed by atoms with Gasteiger partial charge in [0.15, 0.2) is 5.96 Å². The summed E-state index contributed by atoms with van der Waals surface area (Å²) in [7, 11) is -3.24. The Bertz CT molecular complexity index is 581. The van der Waals surface area contributed by atoms with Crippen LogP contribution in [0.25, 0.3) is 0 Å². The van der Waals surface area contributed by atoms with Gasteiger partial charge in [0.1, 0.15) is 0 Å². The smallest absolute Gasteiger partial charge is 0.215 e. The van der Waals surface area contributed by atoms with E-state index in [-0.39, 0.29) is 5.75 Å². The van der Waals surface area contributed by atoms with Crippen LogP contribution in [-0.4, -0.2) is 63.8 Å². The largest absolute Gasteiger partial charge is 0.379 e. The molecule has 7 nitrogen and oxygen atoms in total. The first-order valence-electron chi connectivity index (χ1n) is 7.70. The first-order chi connectivity index (χ1) is 11.1. The maximum Gasteiger partial charge on any atom is 0.215 e. The maximum absolute atomic E-state index is 12.2. The third kappa shape index (κ3) is 6.09. The molecule has 0 atom stereocenters. The molecular weight excluding hydrogens is 336 g/mol. The van der Waals surface area contributed by atoms with Crippen molar-refractivity contribution >= 4 is 27.3 Å². The molecule has 0 aliphatic carbocycles. The Morgan fingerprint density at radius 2 is 2.17 bits per heavy atom. The van der Waals surface area contributed by atoms with Gasteiger partial charge in [-0.1, -0.05) is 0 Å². The average molecular weight is 361 g/mol. The number of sulfonamides is 1. The summed E-state index contributed by atoms with van der Waals surface area (Å²) in [6, 6.07) is 2.03. The molecule has 1 aliphatic rings. The molecule has 9 heteroatoms. The van der Waals surface area contributed by atoms with Crippen molar-refractivity contribution in [2.45, 2.75) is 13.5 Å². The average Bonchev–Trinajstić information content (AvgIpc) is 3.07. The lowest BCUT2D eigenvalue weighted by atomic mass is 10.3. The molecule has 0 radical (unpaired) electrons. The fourth-order valence-electron chi connectivity index (χ4n) is 2.15. The second-order valence-electron chi connectivity index (χ2n) is 5.08. The number of guanidine groups is 1. The van der Waals surface area contributed by atoms with E-state index in [9.17, 15) is 8.42 Å². The molecule has 0 spiro atoms. The van der Waals surface area contributed by atoms with Gasteiger partial charge in [-0.3, -0.25) is 0 Å². The van der Waals surface area contributed by atoms with Crippen LogP contribution in [-0.2, 0) is 21.3 Å². The van der Waals surface area contributed by atoms with Crippen LogP contribution in [0, 0.1) is 0 Å². The van der Waals surface area contributed by atoms with Crippen molar-refractivity contribution in [3.8, 4) is 0 Å². The fraction of sp³-hybridized carbons (Fsp3) is 0.643. The van der Waals surface area contributed by atoms with Crippen molar-refractivity contribution in [3.63, 3.8) is 0 Å². The zero-order chi connectivity index (χ0) is 16.5. The lowest BCUT2D eigenvalue weighted by Gasteiger charge is -2.26. The number of ether oxygens (including phenoxy) is 1. The molecule has 1 aliphatic heterocycles. The van der Waals surface area contributed by atoms with Crippen LogP contribution in [0.15, 0.2) is 21.8 Å². The van der Waals surface area contributed by atoms with Crippen LogP contribution in [0.4, 0.5) is 0 Å². The van der Waals surface area contributed by atoms with Gasteiger partial charge in [-0.05, 0) is 29.3 Å². The van der Waals surface area contributed by atoms with E-state index in [0.717, 1.165) is 12.1 Å². The number of morpholine rings is 1. The first kappa shape index (κ1) is 18.2. The van der Waals surface area contributed by atoms with E-state index in [1.54, 1.807) is 11.3 Å². The summed E-state index contributed by atoms with van der Waals surface area (Å²) in [6.45, 7) is 5.43. The predicted molar refractivity (Wildman–Crippen MR) is 93.3 cm³/mol. The summed E-state index contributed by atoms with van der Waals surface area (Å²) in [5.74, 6) is 0.687. The predicted octanol–water partition coefficient (Wildman–Crippen LogP) is 0.465. The highest BCUT2D eigenvalue weighted by Crippen LogP contribution is 2.07. The van der Waals surface area contributed by atoms with E-state index >= 15 is 0 Å². The first-order valence-corrected chi connectivity index (χ1v) is 10.3. The monoisotopic (exact) mass is 360 g/mol. The summed E-state index contributed by atoms with van der Waals surface area (Å²) in [4.78, 5) is 4.46. The van der Waals surface area contributed by atoms with E-state index in [2.05, 4.69) is 21.0 Å². The third-order valence-corrected chi connectivity index (χ3v) is 5.96. The second kappa shape index (κ2) is 9.21. The Labute approximate surface area is 141 Å². The van der Waals surface area contributed by atoms with Gasteiger partial charge < -0.3 is 15.4 Å². The summed E-state index contributed by atoms with van der Waals surface area (Å²) in [6.07, 6.45) is 0. The molecule has 0 bridgehead atoms. The van der Waals surface area contributed by atoms with Crippen molar-refractivity contribution in [2.24, 2.45) is 4.99 Å². The highest BCUT2D eigenvalue weighted by Gasteiger charge is 2.23. The van der Waals surface area contributed by atoms with E-state index < -0.39 is 10.0 Å². The van der Waals surface area contributed by atoms with Crippen LogP contribution < -0.4 is 10.6 Å². The number of hydrogen-bond acceptors (Lipinski definition) is 5. The minimum absolute atomic E-state index is 0.0515. The van der Waals surface area contributed by atoms with Crippen LogP contribution in [0.2, 0.25) is 0 Å². The van der Waals surface area contributed by atoms with Gasteiger partial charge in [-0.25, -0.2) is 13.4 Å². The zero-order valence-electron chi connectivity index (χ0n) is 13.3. The van der Waals surface area contributed by atoms with Crippen LogP contribution in [0.1, 0.15) is 12.5 Å². The molecule has 1 saturated heterocycles. The number of aliphatic imine (C=N–C) groups is 1. The Kier molecular flexibility index (Phi) is 7.28. The standard InChI is InChI=1S/C14H24N4O3S2/c1-2-15-14(17-11-13-3-9-22-12-13)16-4-10-23(19,20)18-5-7-21-8-6-18/h3,9,12H,2,4-8,10-11H2,1H3,(H2,15,16,17). The molecule has 1 aromatic heterocycles. The Morgan fingerprint density at radius 1 is 1.39 bits per heavy atom. The molecule has 1 aromatic rings. The van der Waals surface area contributed by atoms with Gasteiger partial charge in [0.05, 0.1) is 25.5 Å². The van der Waals surface area contributed by atoms with Crippen molar-refractivity contribution in [2.75, 3.05) is 45.1 Å². The van der Waals surface area contributed by atoms with Crippen LogP contribution in [0.3, 0.4) is 0 Å². The highest BCUT2D eigenvalue weighted by atomic mass is 32.2. The molecule has 130 valence electrons. The lowest BCUT2D eigenvalue weighted by molar-refractivity contribution is 0.0730. The number of rotatable bonds is 7. The van der Waals surface area contributed by atoms with Gasteiger partial charge in [-0.15, -0.1) is 0 Å². The van der Waals surface area contributed by atoms with E-state index in [4.69, 9.17) is 4.74 Å². The second-order valence-corrected chi connectivity index (χ2v) is 7.95. The molecule has 2 N–H and O–H groups in total. The van der Waals surface area contributed by atoms with Crippen molar-refractivity contribution < 1.29 is 13.2 Å². The Morgan fingerprint density at radius 3 is 2.83 bits per heavy atom. The molecule has 2 rings (SSSR count). The quantitative estimate of drug-likeness (QED) is 0.545. The summed E-state index contributed by atoms with van der Waals surface area (Å²) < 4.78 is 31.2. The fourth-order valence-corrected chi connectivity index (χ4v) is 4.13. The van der Waals surface area contributed by atoms with Gasteiger partial charge in [-0.2, -0.15) is 15.6 Å². The topological polar surface area (TPSA) is 83.0 Å². The molecule has 0 amide bonds. The summed E-state index contributed by atoms with van der Waals surface area (Å²) in [5.41, 5.74) is 1.15. The molecular formula is C14H24N4O3S2. The van der Waals surface area contributed by atoms with E-state index in [1.807, 2.05) is 18.4 Å². The number of nitrogens with one attached hydrogen (secondary N) is 2. The summed E-state index contributed by atoms with van der Waals surface area (Å²) >= 11 is 1.64. The molecule has 1 fully saturated rings. The highest BCUT2D eigenvalue weighted by molar-refractivity contribution is 7.89. The third-order valence-electron chi connectivity index (χ3n) is 3.36. The van der Waals surface area contributed by atoms with E-state index in [1.165, 1.54) is 4.31 Å². The molecule has 0 saturated carbocycles. The Hall–Kier alpha value is -1.16. The minimum Gasteiger partial charge on any atom is -0.379 e. The van der Waals surface area contributed by atoms with Crippen molar-refractivity contribution in [3.05, 3.63) is 22.4 Å². The molecule has 0 aromatic carbocycles. The van der Waals surface area contributed by atoms with E-state index in [0.29, 0.717) is 45.4 Å². The number of thiophene rings is 1. The molecule has 0 unspecified atom stereocenters. The van der Waals surface area contributed by atoms with Gasteiger partial charge in [0.2, 0.25) is 10.0 Å². The number of hydrogen-bond donors (Lipinski definition) is 2.